The zero-order chi connectivity index (χ0) is 20.1. The van der Waals surface area contributed by atoms with Crippen LogP contribution in [0.5, 0.6) is 0 Å². The highest BCUT2D eigenvalue weighted by Crippen LogP contribution is 2.20. The molecule has 1 amide bonds. The molecule has 144 valence electrons. The lowest BCUT2D eigenvalue weighted by Crippen LogP contribution is -2.28. The van der Waals surface area contributed by atoms with E-state index in [0.29, 0.717) is 27.1 Å². The molecule has 1 unspecified atom stereocenters. The SMILES string of the molecule is CC(NC(=O)c1ccc(Cl)cc1)c1nnc(SCC(=O)c2ccccc2)n1C. The fraction of sp³-hybridized carbons (Fsp3) is 0.200. The van der Waals surface area contributed by atoms with Crippen molar-refractivity contribution in [3.63, 3.8) is 0 Å². The highest BCUT2D eigenvalue weighted by molar-refractivity contribution is 7.99. The molecule has 0 saturated carbocycles. The third-order valence-corrected chi connectivity index (χ3v) is 5.41. The van der Waals surface area contributed by atoms with Crippen molar-refractivity contribution < 1.29 is 9.59 Å². The van der Waals surface area contributed by atoms with E-state index in [4.69, 9.17) is 11.6 Å². The van der Waals surface area contributed by atoms with Gasteiger partial charge in [0.15, 0.2) is 16.8 Å². The van der Waals surface area contributed by atoms with Crippen molar-refractivity contribution in [2.75, 3.05) is 5.75 Å². The van der Waals surface area contributed by atoms with Gasteiger partial charge in [-0.2, -0.15) is 0 Å². The molecule has 0 aliphatic heterocycles. The number of aromatic nitrogens is 3. The Labute approximate surface area is 172 Å². The molecule has 0 bridgehead atoms. The molecule has 1 atom stereocenters. The van der Waals surface area contributed by atoms with E-state index in [1.807, 2.05) is 32.2 Å². The van der Waals surface area contributed by atoms with Gasteiger partial charge in [-0.05, 0) is 31.2 Å². The summed E-state index contributed by atoms with van der Waals surface area (Å²) in [6.45, 7) is 1.83. The normalized spacial score (nSPS) is 11.8. The summed E-state index contributed by atoms with van der Waals surface area (Å²) in [7, 11) is 1.82. The summed E-state index contributed by atoms with van der Waals surface area (Å²) in [6, 6.07) is 15.4. The molecule has 1 N–H and O–H groups in total. The molecule has 0 spiro atoms. The molecule has 0 aliphatic carbocycles. The number of Topliss-reactive ketones (excluding diaryl/α,β-unsaturated/α-hetero) is 1. The first-order chi connectivity index (χ1) is 13.5. The van der Waals surface area contributed by atoms with Crippen LogP contribution in [0.1, 0.15) is 39.5 Å². The molecule has 28 heavy (non-hydrogen) atoms. The third kappa shape index (κ3) is 4.79. The largest absolute Gasteiger partial charge is 0.342 e. The zero-order valence-electron chi connectivity index (χ0n) is 15.4. The summed E-state index contributed by atoms with van der Waals surface area (Å²) < 4.78 is 1.79. The number of nitrogens with zero attached hydrogens (tertiary/aromatic N) is 3. The molecule has 8 heteroatoms. The standard InChI is InChI=1S/C20H19ClN4O2S/c1-13(22-19(27)15-8-10-16(21)11-9-15)18-23-24-20(25(18)2)28-12-17(26)14-6-4-3-5-7-14/h3-11,13H,12H2,1-2H3,(H,22,27). The number of rotatable bonds is 7. The number of hydrogen-bond acceptors (Lipinski definition) is 5. The van der Waals surface area contributed by atoms with Gasteiger partial charge < -0.3 is 9.88 Å². The predicted molar refractivity (Wildman–Crippen MR) is 110 cm³/mol. The van der Waals surface area contributed by atoms with Crippen LogP contribution in [-0.4, -0.2) is 32.2 Å². The van der Waals surface area contributed by atoms with Crippen LogP contribution in [0.15, 0.2) is 59.8 Å². The van der Waals surface area contributed by atoms with Crippen molar-refractivity contribution in [3.05, 3.63) is 76.6 Å². The Morgan fingerprint density at radius 3 is 2.43 bits per heavy atom. The van der Waals surface area contributed by atoms with E-state index in [1.54, 1.807) is 41.0 Å². The van der Waals surface area contributed by atoms with Gasteiger partial charge in [-0.3, -0.25) is 9.59 Å². The number of halogens is 1. The van der Waals surface area contributed by atoms with Crippen molar-refractivity contribution in [1.29, 1.82) is 0 Å². The molecule has 0 aliphatic rings. The maximum absolute atomic E-state index is 12.4. The van der Waals surface area contributed by atoms with E-state index in [9.17, 15) is 9.59 Å². The fourth-order valence-corrected chi connectivity index (χ4v) is 3.55. The Hall–Kier alpha value is -2.64. The second-order valence-electron chi connectivity index (χ2n) is 6.18. The van der Waals surface area contributed by atoms with E-state index in [0.717, 1.165) is 0 Å². The minimum Gasteiger partial charge on any atom is -0.342 e. The molecule has 2 aromatic carbocycles. The van der Waals surface area contributed by atoms with Gasteiger partial charge >= 0.3 is 0 Å². The lowest BCUT2D eigenvalue weighted by molar-refractivity contribution is 0.0937. The van der Waals surface area contributed by atoms with Gasteiger partial charge in [0.05, 0.1) is 11.8 Å². The van der Waals surface area contributed by atoms with E-state index in [1.165, 1.54) is 11.8 Å². The highest BCUT2D eigenvalue weighted by atomic mass is 35.5. The minimum atomic E-state index is -0.347. The Balaban J connectivity index is 1.62. The maximum Gasteiger partial charge on any atom is 0.251 e. The van der Waals surface area contributed by atoms with E-state index in [-0.39, 0.29) is 23.5 Å². The number of carbonyl (C=O) groups is 2. The van der Waals surface area contributed by atoms with Gasteiger partial charge in [0.25, 0.3) is 5.91 Å². The van der Waals surface area contributed by atoms with E-state index >= 15 is 0 Å². The highest BCUT2D eigenvalue weighted by Gasteiger charge is 2.19. The lowest BCUT2D eigenvalue weighted by atomic mass is 10.2. The van der Waals surface area contributed by atoms with Gasteiger partial charge in [-0.1, -0.05) is 53.7 Å². The monoisotopic (exact) mass is 414 g/mol. The van der Waals surface area contributed by atoms with Crippen LogP contribution in [0.3, 0.4) is 0 Å². The van der Waals surface area contributed by atoms with Crippen LogP contribution in [0.4, 0.5) is 0 Å². The van der Waals surface area contributed by atoms with Crippen molar-refractivity contribution >= 4 is 35.1 Å². The van der Waals surface area contributed by atoms with Crippen molar-refractivity contribution in [2.24, 2.45) is 7.05 Å². The Bertz CT molecular complexity index is 974. The van der Waals surface area contributed by atoms with Crippen molar-refractivity contribution in [2.45, 2.75) is 18.1 Å². The number of thioether (sulfide) groups is 1. The molecule has 1 aromatic heterocycles. The first-order valence-corrected chi connectivity index (χ1v) is 9.99. The molecule has 3 rings (SSSR count). The number of benzene rings is 2. The van der Waals surface area contributed by atoms with Gasteiger partial charge in [0.1, 0.15) is 0 Å². The second kappa shape index (κ2) is 9.03. The quantitative estimate of drug-likeness (QED) is 0.468. The molecule has 1 heterocycles. The average Bonchev–Trinajstić information content (AvgIpc) is 3.07. The molecule has 6 nitrogen and oxygen atoms in total. The summed E-state index contributed by atoms with van der Waals surface area (Å²) >= 11 is 7.17. The molecule has 0 fully saturated rings. The Kier molecular flexibility index (Phi) is 6.49. The van der Waals surface area contributed by atoms with Gasteiger partial charge in [-0.15, -0.1) is 10.2 Å². The summed E-state index contributed by atoms with van der Waals surface area (Å²) in [5.74, 6) is 0.679. The first-order valence-electron chi connectivity index (χ1n) is 8.62. The summed E-state index contributed by atoms with van der Waals surface area (Å²) in [6.07, 6.45) is 0. The molecule has 0 saturated heterocycles. The van der Waals surface area contributed by atoms with Crippen LogP contribution in [0.25, 0.3) is 0 Å². The summed E-state index contributed by atoms with van der Waals surface area (Å²) in [4.78, 5) is 24.6. The molecule has 3 aromatic rings. The minimum absolute atomic E-state index is 0.0271. The zero-order valence-corrected chi connectivity index (χ0v) is 17.0. The first kappa shape index (κ1) is 20.1. The van der Waals surface area contributed by atoms with Crippen LogP contribution in [0.2, 0.25) is 5.02 Å². The van der Waals surface area contributed by atoms with Crippen LogP contribution in [0, 0.1) is 0 Å². The Morgan fingerprint density at radius 1 is 1.07 bits per heavy atom. The van der Waals surface area contributed by atoms with Gasteiger partial charge in [-0.25, -0.2) is 0 Å². The number of carbonyl (C=O) groups excluding carboxylic acids is 2. The van der Waals surface area contributed by atoms with E-state index in [2.05, 4.69) is 15.5 Å². The van der Waals surface area contributed by atoms with Crippen LogP contribution >= 0.6 is 23.4 Å². The lowest BCUT2D eigenvalue weighted by Gasteiger charge is -2.13. The smallest absolute Gasteiger partial charge is 0.251 e. The van der Waals surface area contributed by atoms with Crippen LogP contribution < -0.4 is 5.32 Å². The maximum atomic E-state index is 12.4. The summed E-state index contributed by atoms with van der Waals surface area (Å²) in [5.41, 5.74) is 1.18. The molecule has 0 radical (unpaired) electrons. The predicted octanol–water partition coefficient (Wildman–Crippen LogP) is 3.93. The van der Waals surface area contributed by atoms with Gasteiger partial charge in [0, 0.05) is 23.2 Å². The fourth-order valence-electron chi connectivity index (χ4n) is 2.61. The molecular weight excluding hydrogens is 396 g/mol. The topological polar surface area (TPSA) is 76.9 Å². The number of hydrogen-bond donors (Lipinski definition) is 1. The molecular formula is C20H19ClN4O2S. The average molecular weight is 415 g/mol. The second-order valence-corrected chi connectivity index (χ2v) is 7.56. The number of nitrogens with one attached hydrogen (secondary N) is 1. The third-order valence-electron chi connectivity index (χ3n) is 4.14. The van der Waals surface area contributed by atoms with E-state index < -0.39 is 0 Å². The number of amides is 1. The van der Waals surface area contributed by atoms with Gasteiger partial charge in [0.2, 0.25) is 0 Å². The number of ketones is 1. The van der Waals surface area contributed by atoms with Crippen LogP contribution in [-0.2, 0) is 7.05 Å². The van der Waals surface area contributed by atoms with Crippen molar-refractivity contribution in [3.8, 4) is 0 Å². The van der Waals surface area contributed by atoms with Crippen molar-refractivity contribution in [1.82, 2.24) is 20.1 Å². The Morgan fingerprint density at radius 2 is 1.75 bits per heavy atom. The summed E-state index contributed by atoms with van der Waals surface area (Å²) in [5, 5.41) is 12.4.